The SMILES string of the molecule is CC(NC(=O)c1cncc2cccnc12)C1CC2CCC1C2. The van der Waals surface area contributed by atoms with Crippen molar-refractivity contribution in [3.8, 4) is 0 Å². The molecule has 2 aliphatic rings. The molecule has 0 saturated heterocycles. The molecule has 4 heteroatoms. The highest BCUT2D eigenvalue weighted by Gasteiger charge is 2.42. The lowest BCUT2D eigenvalue weighted by atomic mass is 9.84. The minimum absolute atomic E-state index is 0.0490. The number of aromatic nitrogens is 2. The Balaban J connectivity index is 1.54. The molecule has 0 aliphatic heterocycles. The number of pyridine rings is 2. The Morgan fingerprint density at radius 3 is 3.00 bits per heavy atom. The van der Waals surface area contributed by atoms with Gasteiger partial charge in [0.15, 0.2) is 0 Å². The predicted molar refractivity (Wildman–Crippen MR) is 85.4 cm³/mol. The molecule has 0 radical (unpaired) electrons. The smallest absolute Gasteiger partial charge is 0.255 e. The van der Waals surface area contributed by atoms with Crippen molar-refractivity contribution in [3.63, 3.8) is 0 Å². The Kier molecular flexibility index (Phi) is 3.32. The van der Waals surface area contributed by atoms with Gasteiger partial charge in [-0.25, -0.2) is 0 Å². The van der Waals surface area contributed by atoms with E-state index in [0.717, 1.165) is 22.7 Å². The fourth-order valence-corrected chi connectivity index (χ4v) is 4.46. The first-order valence-corrected chi connectivity index (χ1v) is 8.22. The molecule has 0 aromatic carbocycles. The van der Waals surface area contributed by atoms with E-state index in [0.29, 0.717) is 11.5 Å². The van der Waals surface area contributed by atoms with Crippen molar-refractivity contribution in [2.24, 2.45) is 17.8 Å². The topological polar surface area (TPSA) is 54.9 Å². The lowest BCUT2D eigenvalue weighted by Crippen LogP contribution is -2.40. The fourth-order valence-electron chi connectivity index (χ4n) is 4.46. The van der Waals surface area contributed by atoms with E-state index in [9.17, 15) is 4.79 Å². The molecule has 1 N–H and O–H groups in total. The molecule has 2 aromatic heterocycles. The third-order valence-electron chi connectivity index (χ3n) is 5.55. The van der Waals surface area contributed by atoms with Gasteiger partial charge in [0.05, 0.1) is 11.1 Å². The summed E-state index contributed by atoms with van der Waals surface area (Å²) >= 11 is 0. The number of nitrogens with zero attached hydrogens (tertiary/aromatic N) is 2. The van der Waals surface area contributed by atoms with E-state index in [2.05, 4.69) is 22.2 Å². The second-order valence-electron chi connectivity index (χ2n) is 6.86. The predicted octanol–water partition coefficient (Wildman–Crippen LogP) is 3.18. The summed E-state index contributed by atoms with van der Waals surface area (Å²) in [6.07, 6.45) is 10.5. The number of carbonyl (C=O) groups is 1. The zero-order valence-corrected chi connectivity index (χ0v) is 12.8. The molecule has 0 spiro atoms. The van der Waals surface area contributed by atoms with Crippen molar-refractivity contribution in [2.75, 3.05) is 0 Å². The van der Waals surface area contributed by atoms with Gasteiger partial charge in [-0.3, -0.25) is 14.8 Å². The summed E-state index contributed by atoms with van der Waals surface area (Å²) in [6, 6.07) is 4.02. The number of rotatable bonds is 3. The summed E-state index contributed by atoms with van der Waals surface area (Å²) in [4.78, 5) is 21.2. The van der Waals surface area contributed by atoms with Crippen LogP contribution >= 0.6 is 0 Å². The second kappa shape index (κ2) is 5.34. The minimum atomic E-state index is -0.0490. The molecule has 1 amide bonds. The van der Waals surface area contributed by atoms with E-state index >= 15 is 0 Å². The van der Waals surface area contributed by atoms with Gasteiger partial charge in [0, 0.05) is 30.0 Å². The monoisotopic (exact) mass is 295 g/mol. The van der Waals surface area contributed by atoms with Gasteiger partial charge >= 0.3 is 0 Å². The second-order valence-corrected chi connectivity index (χ2v) is 6.86. The standard InChI is InChI=1S/C18H21N3O/c1-11(15-8-12-4-5-13(15)7-12)21-18(22)16-10-19-9-14-3-2-6-20-17(14)16/h2-3,6,9-13,15H,4-5,7-8H2,1H3,(H,21,22). The van der Waals surface area contributed by atoms with Crippen LogP contribution in [-0.2, 0) is 0 Å². The van der Waals surface area contributed by atoms with Crippen LogP contribution in [0.5, 0.6) is 0 Å². The molecule has 4 atom stereocenters. The number of nitrogens with one attached hydrogen (secondary N) is 1. The van der Waals surface area contributed by atoms with Crippen LogP contribution in [0.1, 0.15) is 43.0 Å². The Morgan fingerprint density at radius 2 is 2.23 bits per heavy atom. The van der Waals surface area contributed by atoms with Crippen LogP contribution < -0.4 is 5.32 Å². The summed E-state index contributed by atoms with van der Waals surface area (Å²) in [7, 11) is 0. The molecule has 2 saturated carbocycles. The van der Waals surface area contributed by atoms with Gasteiger partial charge in [-0.15, -0.1) is 0 Å². The molecule has 2 heterocycles. The number of hydrogen-bond donors (Lipinski definition) is 1. The number of amides is 1. The van der Waals surface area contributed by atoms with E-state index in [1.807, 2.05) is 12.1 Å². The van der Waals surface area contributed by atoms with Gasteiger partial charge in [0.25, 0.3) is 5.91 Å². The van der Waals surface area contributed by atoms with Gasteiger partial charge in [-0.2, -0.15) is 0 Å². The molecule has 22 heavy (non-hydrogen) atoms. The minimum Gasteiger partial charge on any atom is -0.349 e. The Morgan fingerprint density at radius 1 is 1.32 bits per heavy atom. The maximum absolute atomic E-state index is 12.6. The lowest BCUT2D eigenvalue weighted by molar-refractivity contribution is 0.0916. The Hall–Kier alpha value is -1.97. The van der Waals surface area contributed by atoms with Gasteiger partial charge in [-0.05, 0) is 56.1 Å². The Bertz CT molecular complexity index is 709. The van der Waals surface area contributed by atoms with Gasteiger partial charge in [-0.1, -0.05) is 6.42 Å². The van der Waals surface area contributed by atoms with Crippen molar-refractivity contribution in [2.45, 2.75) is 38.6 Å². The molecule has 2 bridgehead atoms. The number of hydrogen-bond acceptors (Lipinski definition) is 3. The largest absolute Gasteiger partial charge is 0.349 e. The highest BCUT2D eigenvalue weighted by Crippen LogP contribution is 2.49. The quantitative estimate of drug-likeness (QED) is 0.946. The van der Waals surface area contributed by atoms with Crippen LogP contribution in [0.25, 0.3) is 10.9 Å². The van der Waals surface area contributed by atoms with Crippen LogP contribution in [0.3, 0.4) is 0 Å². The van der Waals surface area contributed by atoms with Crippen molar-refractivity contribution in [1.29, 1.82) is 0 Å². The van der Waals surface area contributed by atoms with Gasteiger partial charge in [0.1, 0.15) is 0 Å². The average molecular weight is 295 g/mol. The highest BCUT2D eigenvalue weighted by molar-refractivity contribution is 6.04. The maximum Gasteiger partial charge on any atom is 0.255 e. The molecule has 4 rings (SSSR count). The molecule has 2 aromatic rings. The van der Waals surface area contributed by atoms with E-state index in [1.165, 1.54) is 25.7 Å². The highest BCUT2D eigenvalue weighted by atomic mass is 16.1. The van der Waals surface area contributed by atoms with Crippen LogP contribution in [0, 0.1) is 17.8 Å². The van der Waals surface area contributed by atoms with E-state index in [-0.39, 0.29) is 11.9 Å². The van der Waals surface area contributed by atoms with E-state index in [4.69, 9.17) is 0 Å². The van der Waals surface area contributed by atoms with Crippen molar-refractivity contribution >= 4 is 16.8 Å². The lowest BCUT2D eigenvalue weighted by Gasteiger charge is -2.28. The normalized spacial score (nSPS) is 28.0. The zero-order chi connectivity index (χ0) is 15.1. The number of carbonyl (C=O) groups excluding carboxylic acids is 1. The summed E-state index contributed by atoms with van der Waals surface area (Å²) in [5.41, 5.74) is 1.31. The summed E-state index contributed by atoms with van der Waals surface area (Å²) in [5, 5.41) is 4.10. The molecule has 4 nitrogen and oxygen atoms in total. The van der Waals surface area contributed by atoms with Crippen molar-refractivity contribution in [1.82, 2.24) is 15.3 Å². The Labute approximate surface area is 130 Å². The fraction of sp³-hybridized carbons (Fsp3) is 0.500. The molecule has 2 aliphatic carbocycles. The first-order valence-electron chi connectivity index (χ1n) is 8.22. The van der Waals surface area contributed by atoms with Crippen LogP contribution in [0.15, 0.2) is 30.7 Å². The first kappa shape index (κ1) is 13.7. The maximum atomic E-state index is 12.6. The van der Waals surface area contributed by atoms with Gasteiger partial charge in [0.2, 0.25) is 0 Å². The van der Waals surface area contributed by atoms with E-state index < -0.39 is 0 Å². The third kappa shape index (κ3) is 2.27. The summed E-state index contributed by atoms with van der Waals surface area (Å²) in [5.74, 6) is 2.30. The van der Waals surface area contributed by atoms with Crippen LogP contribution in [0.4, 0.5) is 0 Å². The average Bonchev–Trinajstić information content (AvgIpc) is 3.17. The van der Waals surface area contributed by atoms with Crippen molar-refractivity contribution < 1.29 is 4.79 Å². The zero-order valence-electron chi connectivity index (χ0n) is 12.8. The molecule has 114 valence electrons. The van der Waals surface area contributed by atoms with Crippen LogP contribution in [-0.4, -0.2) is 21.9 Å². The number of fused-ring (bicyclic) bond motifs is 3. The van der Waals surface area contributed by atoms with Crippen molar-refractivity contribution in [3.05, 3.63) is 36.3 Å². The molecule has 4 unspecified atom stereocenters. The van der Waals surface area contributed by atoms with Crippen LogP contribution in [0.2, 0.25) is 0 Å². The third-order valence-corrected chi connectivity index (χ3v) is 5.55. The molecular weight excluding hydrogens is 274 g/mol. The molecular formula is C18H21N3O. The van der Waals surface area contributed by atoms with Gasteiger partial charge < -0.3 is 5.32 Å². The molecule has 2 fully saturated rings. The first-order chi connectivity index (χ1) is 10.7. The summed E-state index contributed by atoms with van der Waals surface area (Å²) < 4.78 is 0. The van der Waals surface area contributed by atoms with E-state index in [1.54, 1.807) is 18.6 Å². The summed E-state index contributed by atoms with van der Waals surface area (Å²) in [6.45, 7) is 2.15.